The third kappa shape index (κ3) is 3.39. The van der Waals surface area contributed by atoms with Gasteiger partial charge in [-0.05, 0) is 55.0 Å². The van der Waals surface area contributed by atoms with Crippen LogP contribution < -0.4 is 14.4 Å². The van der Waals surface area contributed by atoms with Gasteiger partial charge in [0, 0.05) is 26.2 Å². The zero-order valence-electron chi connectivity index (χ0n) is 15.9. The Morgan fingerprint density at radius 2 is 1.74 bits per heavy atom. The molecule has 1 atom stereocenters. The summed E-state index contributed by atoms with van der Waals surface area (Å²) in [4.78, 5) is 5.08. The van der Waals surface area contributed by atoms with Crippen molar-refractivity contribution >= 4 is 5.69 Å². The molecule has 0 aromatic heterocycles. The molecular formula is C23H28N2O2. The molecule has 2 aliphatic heterocycles. The summed E-state index contributed by atoms with van der Waals surface area (Å²) >= 11 is 0. The second kappa shape index (κ2) is 7.43. The van der Waals surface area contributed by atoms with Crippen LogP contribution in [0.3, 0.4) is 0 Å². The maximum atomic E-state index is 5.90. The summed E-state index contributed by atoms with van der Waals surface area (Å²) in [5.74, 6) is 2.58. The Balaban J connectivity index is 1.17. The minimum Gasteiger partial charge on any atom is -0.486 e. The van der Waals surface area contributed by atoms with Gasteiger partial charge in [-0.15, -0.1) is 0 Å². The fourth-order valence-electron chi connectivity index (χ4n) is 4.80. The normalized spacial score (nSPS) is 21.9. The van der Waals surface area contributed by atoms with E-state index in [1.165, 1.54) is 31.5 Å². The molecule has 3 aliphatic rings. The van der Waals surface area contributed by atoms with Crippen molar-refractivity contribution in [1.82, 2.24) is 4.90 Å². The van der Waals surface area contributed by atoms with Crippen molar-refractivity contribution < 1.29 is 9.47 Å². The number of ether oxygens (including phenoxy) is 2. The lowest BCUT2D eigenvalue weighted by Gasteiger charge is -2.37. The van der Waals surface area contributed by atoms with Crippen LogP contribution in [0.2, 0.25) is 0 Å². The van der Waals surface area contributed by atoms with Gasteiger partial charge in [0.2, 0.25) is 0 Å². The number of benzene rings is 2. The average molecular weight is 364 g/mol. The molecule has 2 heterocycles. The Bertz CT molecular complexity index is 799. The first-order valence-corrected chi connectivity index (χ1v) is 10.3. The van der Waals surface area contributed by atoms with E-state index in [0.717, 1.165) is 43.6 Å². The van der Waals surface area contributed by atoms with Gasteiger partial charge in [-0.2, -0.15) is 0 Å². The summed E-state index contributed by atoms with van der Waals surface area (Å²) in [6.07, 6.45) is 3.87. The quantitative estimate of drug-likeness (QED) is 0.826. The third-order valence-electron chi connectivity index (χ3n) is 6.31. The molecular weight excluding hydrogens is 336 g/mol. The zero-order valence-corrected chi connectivity index (χ0v) is 15.9. The van der Waals surface area contributed by atoms with E-state index in [2.05, 4.69) is 46.2 Å². The zero-order chi connectivity index (χ0) is 18.1. The number of para-hydroxylation sites is 1. The van der Waals surface area contributed by atoms with Crippen LogP contribution in [-0.2, 0) is 6.42 Å². The second-order valence-corrected chi connectivity index (χ2v) is 7.85. The van der Waals surface area contributed by atoms with Gasteiger partial charge in [-0.1, -0.05) is 30.3 Å². The van der Waals surface area contributed by atoms with Crippen molar-refractivity contribution in [3.05, 3.63) is 53.6 Å². The number of fused-ring (bicyclic) bond motifs is 2. The Hall–Kier alpha value is -2.20. The van der Waals surface area contributed by atoms with Crippen molar-refractivity contribution in [1.29, 1.82) is 0 Å². The lowest BCUT2D eigenvalue weighted by Crippen LogP contribution is -2.47. The largest absolute Gasteiger partial charge is 0.486 e. The van der Waals surface area contributed by atoms with E-state index in [-0.39, 0.29) is 0 Å². The number of nitrogens with zero attached hydrogens (tertiary/aromatic N) is 2. The molecule has 1 saturated heterocycles. The van der Waals surface area contributed by atoms with Crippen LogP contribution >= 0.6 is 0 Å². The van der Waals surface area contributed by atoms with Gasteiger partial charge in [-0.25, -0.2) is 0 Å². The summed E-state index contributed by atoms with van der Waals surface area (Å²) in [5.41, 5.74) is 4.36. The minimum absolute atomic E-state index is 0.646. The number of aryl methyl sites for hydroxylation is 1. The molecule has 4 heteroatoms. The predicted molar refractivity (Wildman–Crippen MR) is 108 cm³/mol. The smallest absolute Gasteiger partial charge is 0.184 e. The first kappa shape index (κ1) is 16.9. The standard InChI is InChI=1S/C23H28N2O2/c1-2-5-20-18(4-1)8-9-19(20)10-11-24-12-14-25(15-13-24)21-6-3-7-22-23(21)27-17-16-26-22/h1-7,19H,8-17H2/t19-/m1/s1. The van der Waals surface area contributed by atoms with E-state index >= 15 is 0 Å². The summed E-state index contributed by atoms with van der Waals surface area (Å²) < 4.78 is 11.6. The molecule has 2 aromatic rings. The van der Waals surface area contributed by atoms with Crippen molar-refractivity contribution in [2.75, 3.05) is 50.8 Å². The summed E-state index contributed by atoms with van der Waals surface area (Å²) in [7, 11) is 0. The van der Waals surface area contributed by atoms with E-state index in [4.69, 9.17) is 9.47 Å². The summed E-state index contributed by atoms with van der Waals surface area (Å²) in [5, 5.41) is 0. The molecule has 27 heavy (non-hydrogen) atoms. The number of rotatable bonds is 4. The van der Waals surface area contributed by atoms with Crippen LogP contribution in [0.1, 0.15) is 29.9 Å². The maximum absolute atomic E-state index is 5.90. The van der Waals surface area contributed by atoms with Crippen molar-refractivity contribution in [2.45, 2.75) is 25.2 Å². The maximum Gasteiger partial charge on any atom is 0.184 e. The van der Waals surface area contributed by atoms with Gasteiger partial charge in [0.25, 0.3) is 0 Å². The second-order valence-electron chi connectivity index (χ2n) is 7.85. The molecule has 1 aliphatic carbocycles. The fourth-order valence-corrected chi connectivity index (χ4v) is 4.80. The summed E-state index contributed by atoms with van der Waals surface area (Å²) in [6, 6.07) is 15.3. The molecule has 0 unspecified atom stereocenters. The van der Waals surface area contributed by atoms with Gasteiger partial charge in [0.05, 0.1) is 5.69 Å². The molecule has 2 aromatic carbocycles. The topological polar surface area (TPSA) is 24.9 Å². The van der Waals surface area contributed by atoms with Gasteiger partial charge in [0.15, 0.2) is 11.5 Å². The molecule has 142 valence electrons. The van der Waals surface area contributed by atoms with Crippen LogP contribution in [0, 0.1) is 0 Å². The molecule has 0 bridgehead atoms. The van der Waals surface area contributed by atoms with E-state index in [0.29, 0.717) is 13.2 Å². The van der Waals surface area contributed by atoms with Crippen LogP contribution in [0.4, 0.5) is 5.69 Å². The number of hydrogen-bond donors (Lipinski definition) is 0. The highest BCUT2D eigenvalue weighted by molar-refractivity contribution is 5.65. The van der Waals surface area contributed by atoms with Crippen LogP contribution in [0.15, 0.2) is 42.5 Å². The van der Waals surface area contributed by atoms with Gasteiger partial charge in [-0.3, -0.25) is 4.90 Å². The van der Waals surface area contributed by atoms with Crippen molar-refractivity contribution in [3.63, 3.8) is 0 Å². The van der Waals surface area contributed by atoms with Crippen molar-refractivity contribution in [3.8, 4) is 11.5 Å². The monoisotopic (exact) mass is 364 g/mol. The Kier molecular flexibility index (Phi) is 4.66. The van der Waals surface area contributed by atoms with Gasteiger partial charge in [0.1, 0.15) is 13.2 Å². The van der Waals surface area contributed by atoms with Gasteiger partial charge < -0.3 is 14.4 Å². The molecule has 5 rings (SSSR count). The van der Waals surface area contributed by atoms with E-state index < -0.39 is 0 Å². The molecule has 1 fully saturated rings. The fraction of sp³-hybridized carbons (Fsp3) is 0.478. The first-order valence-electron chi connectivity index (χ1n) is 10.3. The SMILES string of the molecule is c1ccc2c(c1)CC[C@@H]2CCN1CCN(c2cccc3c2OCCO3)CC1. The molecule has 0 radical (unpaired) electrons. The van der Waals surface area contributed by atoms with Crippen LogP contribution in [-0.4, -0.2) is 50.8 Å². The molecule has 0 spiro atoms. The Labute approximate surface area is 161 Å². The molecule has 0 N–H and O–H groups in total. The number of piperazine rings is 1. The minimum atomic E-state index is 0.646. The van der Waals surface area contributed by atoms with E-state index in [1.54, 1.807) is 11.1 Å². The van der Waals surface area contributed by atoms with Crippen LogP contribution in [0.25, 0.3) is 0 Å². The molecule has 4 nitrogen and oxygen atoms in total. The summed E-state index contributed by atoms with van der Waals surface area (Å²) in [6.45, 7) is 6.86. The van der Waals surface area contributed by atoms with Crippen LogP contribution in [0.5, 0.6) is 11.5 Å². The van der Waals surface area contributed by atoms with Crippen molar-refractivity contribution in [2.24, 2.45) is 0 Å². The Morgan fingerprint density at radius 1 is 0.889 bits per heavy atom. The third-order valence-corrected chi connectivity index (χ3v) is 6.31. The predicted octanol–water partition coefficient (Wildman–Crippen LogP) is 3.70. The highest BCUT2D eigenvalue weighted by Crippen LogP contribution is 2.40. The average Bonchev–Trinajstić information content (AvgIpc) is 3.15. The van der Waals surface area contributed by atoms with E-state index in [9.17, 15) is 0 Å². The molecule has 0 amide bonds. The lowest BCUT2D eigenvalue weighted by atomic mass is 9.97. The Morgan fingerprint density at radius 3 is 2.67 bits per heavy atom. The number of hydrogen-bond acceptors (Lipinski definition) is 4. The van der Waals surface area contributed by atoms with E-state index in [1.807, 2.05) is 6.07 Å². The van der Waals surface area contributed by atoms with Gasteiger partial charge >= 0.3 is 0 Å². The number of anilines is 1. The first-order chi connectivity index (χ1) is 13.4. The molecule has 0 saturated carbocycles. The highest BCUT2D eigenvalue weighted by Gasteiger charge is 2.25. The lowest BCUT2D eigenvalue weighted by molar-refractivity contribution is 0.171. The highest BCUT2D eigenvalue weighted by atomic mass is 16.6.